The lowest BCUT2D eigenvalue weighted by Gasteiger charge is -2.09. The average molecular weight is 268 g/mol. The number of aromatic nitrogens is 1. The second kappa shape index (κ2) is 4.79. The molecule has 1 heterocycles. The van der Waals surface area contributed by atoms with Crippen molar-refractivity contribution in [1.29, 1.82) is 0 Å². The number of benzene rings is 2. The third-order valence-corrected chi connectivity index (χ3v) is 3.34. The molecule has 5 heteroatoms. The number of fused-ring (bicyclic) bond motifs is 1. The smallest absolute Gasteiger partial charge is 0.269 e. The highest BCUT2D eigenvalue weighted by Gasteiger charge is 2.16. The highest BCUT2D eigenvalue weighted by Crippen LogP contribution is 2.29. The van der Waals surface area contributed by atoms with Crippen molar-refractivity contribution in [1.82, 2.24) is 4.98 Å². The van der Waals surface area contributed by atoms with Gasteiger partial charge in [-0.3, -0.25) is 10.1 Å². The zero-order valence-corrected chi connectivity index (χ0v) is 10.5. The Hall–Kier alpha value is -2.66. The fourth-order valence-corrected chi connectivity index (χ4v) is 2.28. The number of hydrogen-bond acceptors (Lipinski definition) is 3. The summed E-state index contributed by atoms with van der Waals surface area (Å²) in [5, 5.41) is 22.0. The molecule has 2 aromatic carbocycles. The van der Waals surface area contributed by atoms with Crippen molar-refractivity contribution < 1.29 is 10.0 Å². The predicted octanol–water partition coefficient (Wildman–Crippen LogP) is 3.16. The molecule has 0 aliphatic carbocycles. The van der Waals surface area contributed by atoms with Crippen molar-refractivity contribution in [2.75, 3.05) is 0 Å². The van der Waals surface area contributed by atoms with Crippen LogP contribution in [0.2, 0.25) is 0 Å². The summed E-state index contributed by atoms with van der Waals surface area (Å²) >= 11 is 0. The molecular formula is C15H12N2O3. The molecule has 1 unspecified atom stereocenters. The Morgan fingerprint density at radius 3 is 2.50 bits per heavy atom. The van der Waals surface area contributed by atoms with Crippen molar-refractivity contribution in [3.05, 3.63) is 76.0 Å². The van der Waals surface area contributed by atoms with Crippen molar-refractivity contribution in [3.8, 4) is 0 Å². The van der Waals surface area contributed by atoms with Crippen LogP contribution in [0, 0.1) is 10.1 Å². The lowest BCUT2D eigenvalue weighted by Crippen LogP contribution is -1.99. The van der Waals surface area contributed by atoms with Crippen LogP contribution in [0.25, 0.3) is 10.9 Å². The normalized spacial score (nSPS) is 12.4. The summed E-state index contributed by atoms with van der Waals surface area (Å²) < 4.78 is 0. The maximum atomic E-state index is 10.6. The quantitative estimate of drug-likeness (QED) is 0.565. The number of nitro benzene ring substituents is 1. The van der Waals surface area contributed by atoms with Crippen LogP contribution >= 0.6 is 0 Å². The molecule has 0 spiro atoms. The third kappa shape index (κ3) is 2.04. The number of H-pyrrole nitrogens is 1. The Bertz CT molecular complexity index is 762. The molecule has 0 saturated carbocycles. The lowest BCUT2D eigenvalue weighted by atomic mass is 10.0. The number of para-hydroxylation sites is 1. The van der Waals surface area contributed by atoms with E-state index < -0.39 is 11.0 Å². The Labute approximate surface area is 114 Å². The molecule has 100 valence electrons. The van der Waals surface area contributed by atoms with E-state index in [9.17, 15) is 15.2 Å². The molecule has 0 saturated heterocycles. The first-order valence-electron chi connectivity index (χ1n) is 6.15. The van der Waals surface area contributed by atoms with E-state index in [1.165, 1.54) is 12.1 Å². The van der Waals surface area contributed by atoms with Gasteiger partial charge in [0, 0.05) is 34.8 Å². The summed E-state index contributed by atoms with van der Waals surface area (Å²) in [6, 6.07) is 13.6. The van der Waals surface area contributed by atoms with Gasteiger partial charge in [-0.05, 0) is 23.8 Å². The van der Waals surface area contributed by atoms with Crippen LogP contribution in [0.3, 0.4) is 0 Å². The highest BCUT2D eigenvalue weighted by molar-refractivity contribution is 5.83. The largest absolute Gasteiger partial charge is 0.384 e. The first-order chi connectivity index (χ1) is 9.66. The van der Waals surface area contributed by atoms with Crippen molar-refractivity contribution >= 4 is 16.6 Å². The number of rotatable bonds is 3. The number of non-ortho nitro benzene ring substituents is 1. The molecule has 0 aliphatic heterocycles. The van der Waals surface area contributed by atoms with Gasteiger partial charge < -0.3 is 10.1 Å². The fourth-order valence-electron chi connectivity index (χ4n) is 2.28. The number of nitrogens with zero attached hydrogens (tertiary/aromatic N) is 1. The summed E-state index contributed by atoms with van der Waals surface area (Å²) in [7, 11) is 0. The zero-order chi connectivity index (χ0) is 14.1. The fraction of sp³-hybridized carbons (Fsp3) is 0.0667. The standard InChI is InChI=1S/C15H12N2O3/c18-15(10-5-7-11(8-6-10)17(19)20)13-9-16-14-4-2-1-3-12(13)14/h1-9,15-16,18H. The SMILES string of the molecule is O=[N+]([O-])c1ccc(C(O)c2c[nH]c3ccccc23)cc1. The van der Waals surface area contributed by atoms with Crippen molar-refractivity contribution in [3.63, 3.8) is 0 Å². The van der Waals surface area contributed by atoms with Gasteiger partial charge in [-0.2, -0.15) is 0 Å². The molecule has 0 bridgehead atoms. The number of nitro groups is 1. The number of aliphatic hydroxyl groups is 1. The first kappa shape index (κ1) is 12.4. The Kier molecular flexibility index (Phi) is 2.96. The zero-order valence-electron chi connectivity index (χ0n) is 10.5. The number of aliphatic hydroxyl groups excluding tert-OH is 1. The van der Waals surface area contributed by atoms with Gasteiger partial charge in [0.2, 0.25) is 0 Å². The maximum Gasteiger partial charge on any atom is 0.269 e. The molecule has 1 aromatic heterocycles. The second-order valence-electron chi connectivity index (χ2n) is 4.54. The van der Waals surface area contributed by atoms with E-state index in [-0.39, 0.29) is 5.69 Å². The predicted molar refractivity (Wildman–Crippen MR) is 75.5 cm³/mol. The first-order valence-corrected chi connectivity index (χ1v) is 6.15. The van der Waals surface area contributed by atoms with Crippen molar-refractivity contribution in [2.24, 2.45) is 0 Å². The molecule has 0 fully saturated rings. The summed E-state index contributed by atoms with van der Waals surface area (Å²) in [4.78, 5) is 13.3. The third-order valence-electron chi connectivity index (χ3n) is 3.34. The van der Waals surface area contributed by atoms with E-state index in [1.54, 1.807) is 18.3 Å². The van der Waals surface area contributed by atoms with E-state index in [0.717, 1.165) is 16.5 Å². The molecule has 20 heavy (non-hydrogen) atoms. The monoisotopic (exact) mass is 268 g/mol. The van der Waals surface area contributed by atoms with Crippen LogP contribution in [0.5, 0.6) is 0 Å². The van der Waals surface area contributed by atoms with E-state index in [1.807, 2.05) is 24.3 Å². The maximum absolute atomic E-state index is 10.6. The summed E-state index contributed by atoms with van der Waals surface area (Å²) in [5.41, 5.74) is 2.35. The average Bonchev–Trinajstić information content (AvgIpc) is 2.90. The number of hydrogen-bond donors (Lipinski definition) is 2. The molecule has 5 nitrogen and oxygen atoms in total. The van der Waals surface area contributed by atoms with E-state index in [4.69, 9.17) is 0 Å². The van der Waals surface area contributed by atoms with Crippen LogP contribution in [0.15, 0.2) is 54.7 Å². The Morgan fingerprint density at radius 1 is 1.10 bits per heavy atom. The number of aromatic amines is 1. The van der Waals surface area contributed by atoms with Gasteiger partial charge in [0.05, 0.1) is 4.92 Å². The molecule has 3 aromatic rings. The van der Waals surface area contributed by atoms with E-state index in [2.05, 4.69) is 4.98 Å². The van der Waals surface area contributed by atoms with Gasteiger partial charge in [0.25, 0.3) is 5.69 Å². The van der Waals surface area contributed by atoms with Crippen LogP contribution < -0.4 is 0 Å². The van der Waals surface area contributed by atoms with Crippen LogP contribution in [0.4, 0.5) is 5.69 Å². The molecule has 0 aliphatic rings. The topological polar surface area (TPSA) is 79.2 Å². The Morgan fingerprint density at radius 2 is 1.80 bits per heavy atom. The van der Waals surface area contributed by atoms with Crippen LogP contribution in [-0.4, -0.2) is 15.0 Å². The minimum atomic E-state index is -0.813. The summed E-state index contributed by atoms with van der Waals surface area (Å²) in [6.07, 6.45) is 0.948. The molecule has 0 amide bonds. The molecule has 3 rings (SSSR count). The van der Waals surface area contributed by atoms with Crippen LogP contribution in [-0.2, 0) is 0 Å². The second-order valence-corrected chi connectivity index (χ2v) is 4.54. The summed E-state index contributed by atoms with van der Waals surface area (Å²) in [5.74, 6) is 0. The molecule has 0 radical (unpaired) electrons. The lowest BCUT2D eigenvalue weighted by molar-refractivity contribution is -0.384. The molecular weight excluding hydrogens is 256 g/mol. The highest BCUT2D eigenvalue weighted by atomic mass is 16.6. The van der Waals surface area contributed by atoms with Gasteiger partial charge in [0.15, 0.2) is 0 Å². The van der Waals surface area contributed by atoms with E-state index in [0.29, 0.717) is 5.56 Å². The van der Waals surface area contributed by atoms with E-state index >= 15 is 0 Å². The van der Waals surface area contributed by atoms with Crippen molar-refractivity contribution in [2.45, 2.75) is 6.10 Å². The van der Waals surface area contributed by atoms with Gasteiger partial charge in [-0.1, -0.05) is 18.2 Å². The van der Waals surface area contributed by atoms with Gasteiger partial charge in [0.1, 0.15) is 6.10 Å². The minimum Gasteiger partial charge on any atom is -0.384 e. The summed E-state index contributed by atoms with van der Waals surface area (Å²) in [6.45, 7) is 0. The Balaban J connectivity index is 1.99. The minimum absolute atomic E-state index is 0.0138. The van der Waals surface area contributed by atoms with Crippen LogP contribution in [0.1, 0.15) is 17.2 Å². The molecule has 2 N–H and O–H groups in total. The van der Waals surface area contributed by atoms with Gasteiger partial charge >= 0.3 is 0 Å². The van der Waals surface area contributed by atoms with Gasteiger partial charge in [-0.25, -0.2) is 0 Å². The number of nitrogens with one attached hydrogen (secondary N) is 1. The molecule has 1 atom stereocenters. The van der Waals surface area contributed by atoms with Gasteiger partial charge in [-0.15, -0.1) is 0 Å².